The van der Waals surface area contributed by atoms with Crippen LogP contribution in [0.25, 0.3) is 0 Å². The molecule has 1 fully saturated rings. The number of furan rings is 1. The predicted octanol–water partition coefficient (Wildman–Crippen LogP) is 1.77. The summed E-state index contributed by atoms with van der Waals surface area (Å²) in [7, 11) is 1.85. The van der Waals surface area contributed by atoms with Gasteiger partial charge in [0.25, 0.3) is 0 Å². The van der Waals surface area contributed by atoms with Crippen LogP contribution in [0, 0.1) is 0 Å². The molecule has 4 nitrogen and oxygen atoms in total. The fraction of sp³-hybridized carbons (Fsp3) is 0.615. The zero-order chi connectivity index (χ0) is 12.3. The molecule has 1 saturated heterocycles. The van der Waals surface area contributed by atoms with Crippen LogP contribution in [0.15, 0.2) is 23.0 Å². The molecule has 0 aromatic carbocycles. The van der Waals surface area contributed by atoms with Gasteiger partial charge in [-0.3, -0.25) is 4.79 Å². The number of carbonyl (C=O) groups is 1. The third-order valence-corrected chi connectivity index (χ3v) is 3.60. The zero-order valence-corrected chi connectivity index (χ0v) is 10.5. The molecular formula is C13H20N2O2. The topological polar surface area (TPSA) is 45.5 Å². The minimum Gasteiger partial charge on any atom is -0.472 e. The maximum Gasteiger partial charge on any atom is 0.242 e. The summed E-state index contributed by atoms with van der Waals surface area (Å²) in [4.78, 5) is 14.2. The third-order valence-electron chi connectivity index (χ3n) is 3.60. The van der Waals surface area contributed by atoms with Crippen molar-refractivity contribution in [3.05, 3.63) is 24.2 Å². The van der Waals surface area contributed by atoms with Crippen molar-refractivity contribution in [1.29, 1.82) is 0 Å². The molecule has 2 heterocycles. The van der Waals surface area contributed by atoms with Gasteiger partial charge in [0, 0.05) is 19.2 Å². The van der Waals surface area contributed by atoms with E-state index in [-0.39, 0.29) is 11.4 Å². The van der Waals surface area contributed by atoms with Gasteiger partial charge in [0.1, 0.15) is 0 Å². The van der Waals surface area contributed by atoms with Gasteiger partial charge in [0.15, 0.2) is 0 Å². The monoisotopic (exact) mass is 236 g/mol. The Morgan fingerprint density at radius 3 is 3.00 bits per heavy atom. The van der Waals surface area contributed by atoms with E-state index in [9.17, 15) is 4.79 Å². The number of nitrogens with zero attached hydrogens (tertiary/aromatic N) is 1. The minimum absolute atomic E-state index is 0.193. The number of rotatable bonds is 4. The Labute approximate surface area is 102 Å². The first-order valence-corrected chi connectivity index (χ1v) is 6.19. The molecule has 1 aromatic rings. The van der Waals surface area contributed by atoms with Gasteiger partial charge < -0.3 is 14.6 Å². The number of carbonyl (C=O) groups excluding carboxylic acids is 1. The highest BCUT2D eigenvalue weighted by Gasteiger charge is 2.40. The van der Waals surface area contributed by atoms with Gasteiger partial charge in [-0.05, 0) is 31.9 Å². The summed E-state index contributed by atoms with van der Waals surface area (Å²) >= 11 is 0. The molecule has 1 atom stereocenters. The first-order chi connectivity index (χ1) is 8.18. The number of hydrogen-bond donors (Lipinski definition) is 1. The van der Waals surface area contributed by atoms with E-state index in [4.69, 9.17) is 4.42 Å². The molecule has 1 N–H and O–H groups in total. The fourth-order valence-corrected chi connectivity index (χ4v) is 2.54. The van der Waals surface area contributed by atoms with Crippen molar-refractivity contribution in [3.63, 3.8) is 0 Å². The molecule has 0 bridgehead atoms. The zero-order valence-electron chi connectivity index (χ0n) is 10.5. The predicted molar refractivity (Wildman–Crippen MR) is 65.4 cm³/mol. The van der Waals surface area contributed by atoms with Crippen molar-refractivity contribution in [2.24, 2.45) is 0 Å². The minimum atomic E-state index is -0.335. The summed E-state index contributed by atoms with van der Waals surface area (Å²) in [6, 6.07) is 1.89. The first-order valence-electron chi connectivity index (χ1n) is 6.19. The molecule has 1 aliphatic rings. The molecule has 0 saturated carbocycles. The fourth-order valence-electron chi connectivity index (χ4n) is 2.54. The van der Waals surface area contributed by atoms with Gasteiger partial charge in [-0.1, -0.05) is 6.92 Å². The molecule has 4 heteroatoms. The van der Waals surface area contributed by atoms with Gasteiger partial charge in [0.2, 0.25) is 5.91 Å². The molecule has 94 valence electrons. The summed E-state index contributed by atoms with van der Waals surface area (Å²) in [6.07, 6.45) is 6.19. The van der Waals surface area contributed by atoms with Gasteiger partial charge in [-0.25, -0.2) is 0 Å². The molecule has 17 heavy (non-hydrogen) atoms. The highest BCUT2D eigenvalue weighted by atomic mass is 16.3. The Bertz CT molecular complexity index is 367. The highest BCUT2D eigenvalue weighted by molar-refractivity contribution is 5.86. The summed E-state index contributed by atoms with van der Waals surface area (Å²) in [6.45, 7) is 3.62. The molecule has 0 aliphatic carbocycles. The molecule has 1 unspecified atom stereocenters. The summed E-state index contributed by atoms with van der Waals surface area (Å²) in [5.41, 5.74) is 0.698. The Hall–Kier alpha value is -1.29. The van der Waals surface area contributed by atoms with E-state index in [0.29, 0.717) is 6.54 Å². The van der Waals surface area contributed by atoms with E-state index in [1.165, 1.54) is 0 Å². The van der Waals surface area contributed by atoms with Crippen molar-refractivity contribution >= 4 is 5.91 Å². The van der Waals surface area contributed by atoms with Crippen LogP contribution in [0.2, 0.25) is 0 Å². The van der Waals surface area contributed by atoms with Crippen LogP contribution in [0.1, 0.15) is 31.7 Å². The third kappa shape index (κ3) is 2.36. The maximum atomic E-state index is 12.5. The smallest absolute Gasteiger partial charge is 0.242 e. The molecule has 0 radical (unpaired) electrons. The largest absolute Gasteiger partial charge is 0.472 e. The Morgan fingerprint density at radius 2 is 2.47 bits per heavy atom. The summed E-state index contributed by atoms with van der Waals surface area (Å²) in [5, 5.41) is 3.37. The summed E-state index contributed by atoms with van der Waals surface area (Å²) < 4.78 is 5.02. The van der Waals surface area contributed by atoms with E-state index in [1.54, 1.807) is 17.4 Å². The second-order valence-corrected chi connectivity index (χ2v) is 4.76. The Balaban J connectivity index is 2.03. The lowest BCUT2D eigenvalue weighted by molar-refractivity contribution is -0.137. The van der Waals surface area contributed by atoms with Crippen molar-refractivity contribution in [2.45, 2.75) is 38.3 Å². The maximum absolute atomic E-state index is 12.5. The molecule has 1 amide bonds. The average Bonchev–Trinajstić information content (AvgIpc) is 2.99. The quantitative estimate of drug-likeness (QED) is 0.866. The molecule has 1 aliphatic heterocycles. The van der Waals surface area contributed by atoms with Crippen molar-refractivity contribution in [1.82, 2.24) is 10.2 Å². The van der Waals surface area contributed by atoms with Crippen LogP contribution in [-0.2, 0) is 11.3 Å². The number of nitrogens with one attached hydrogen (secondary N) is 1. The van der Waals surface area contributed by atoms with Crippen LogP contribution in [-0.4, -0.2) is 29.9 Å². The second kappa shape index (κ2) is 4.92. The first kappa shape index (κ1) is 12.2. The average molecular weight is 236 g/mol. The molecule has 2 rings (SSSR count). The van der Waals surface area contributed by atoms with Gasteiger partial charge in [-0.15, -0.1) is 0 Å². The molecular weight excluding hydrogens is 216 g/mol. The second-order valence-electron chi connectivity index (χ2n) is 4.76. The van der Waals surface area contributed by atoms with Crippen LogP contribution in [0.4, 0.5) is 0 Å². The van der Waals surface area contributed by atoms with Crippen molar-refractivity contribution < 1.29 is 9.21 Å². The lowest BCUT2D eigenvalue weighted by Gasteiger charge is -2.31. The van der Waals surface area contributed by atoms with Crippen molar-refractivity contribution in [3.8, 4) is 0 Å². The highest BCUT2D eigenvalue weighted by Crippen LogP contribution is 2.25. The van der Waals surface area contributed by atoms with E-state index < -0.39 is 0 Å². The van der Waals surface area contributed by atoms with Crippen molar-refractivity contribution in [2.75, 3.05) is 13.6 Å². The molecule has 0 spiro atoms. The van der Waals surface area contributed by atoms with Crippen LogP contribution >= 0.6 is 0 Å². The number of hydrogen-bond acceptors (Lipinski definition) is 3. The molecule has 1 aromatic heterocycles. The van der Waals surface area contributed by atoms with Crippen LogP contribution in [0.3, 0.4) is 0 Å². The number of likely N-dealkylation sites (N-methyl/N-ethyl adjacent to an activating group) is 1. The van der Waals surface area contributed by atoms with Crippen LogP contribution < -0.4 is 5.32 Å². The van der Waals surface area contributed by atoms with E-state index in [2.05, 4.69) is 12.2 Å². The van der Waals surface area contributed by atoms with E-state index in [1.807, 2.05) is 13.1 Å². The van der Waals surface area contributed by atoms with Gasteiger partial charge >= 0.3 is 0 Å². The van der Waals surface area contributed by atoms with E-state index >= 15 is 0 Å². The van der Waals surface area contributed by atoms with E-state index in [0.717, 1.165) is 31.4 Å². The SMILES string of the molecule is CCC1(C(=O)N(C)Cc2ccoc2)CCCN1. The lowest BCUT2D eigenvalue weighted by Crippen LogP contribution is -2.53. The standard InChI is InChI=1S/C13H20N2O2/c1-3-13(6-4-7-14-13)12(16)15(2)9-11-5-8-17-10-11/h5,8,10,14H,3-4,6-7,9H2,1-2H3. The Morgan fingerprint density at radius 1 is 1.65 bits per heavy atom. The summed E-state index contributed by atoms with van der Waals surface area (Å²) in [5.74, 6) is 0.193. The number of amides is 1. The van der Waals surface area contributed by atoms with Gasteiger partial charge in [-0.2, -0.15) is 0 Å². The normalized spacial score (nSPS) is 23.9. The van der Waals surface area contributed by atoms with Gasteiger partial charge in [0.05, 0.1) is 18.1 Å². The van der Waals surface area contributed by atoms with Crippen LogP contribution in [0.5, 0.6) is 0 Å². The Kier molecular flexibility index (Phi) is 3.52. The lowest BCUT2D eigenvalue weighted by atomic mass is 9.92.